The number of hydrogen-bond acceptors (Lipinski definition) is 3. The maximum absolute atomic E-state index is 5.97. The first-order chi connectivity index (χ1) is 9.66. The summed E-state index contributed by atoms with van der Waals surface area (Å²) >= 11 is 3.63. The maximum atomic E-state index is 5.97. The van der Waals surface area contributed by atoms with Crippen LogP contribution in [0, 0.1) is 6.92 Å². The van der Waals surface area contributed by atoms with E-state index in [1.54, 1.807) is 0 Å². The molecule has 4 heteroatoms. The molecule has 0 saturated heterocycles. The zero-order valence-corrected chi connectivity index (χ0v) is 13.0. The molecule has 0 spiro atoms. The summed E-state index contributed by atoms with van der Waals surface area (Å²) in [6.45, 7) is 3.71. The van der Waals surface area contributed by atoms with Crippen LogP contribution in [0.2, 0.25) is 0 Å². The Kier molecular flexibility index (Phi) is 3.57. The van der Waals surface area contributed by atoms with Gasteiger partial charge in [0.2, 0.25) is 0 Å². The number of nitrogen functional groups attached to an aromatic ring is 1. The highest BCUT2D eigenvalue weighted by Crippen LogP contribution is 2.40. The van der Waals surface area contributed by atoms with E-state index in [0.717, 1.165) is 52.4 Å². The second-order valence-electron chi connectivity index (χ2n) is 4.98. The topological polar surface area (TPSA) is 38.5 Å². The van der Waals surface area contributed by atoms with E-state index >= 15 is 0 Å². The fourth-order valence-electron chi connectivity index (χ4n) is 2.47. The van der Waals surface area contributed by atoms with Crippen LogP contribution in [0.3, 0.4) is 0 Å². The van der Waals surface area contributed by atoms with Crippen molar-refractivity contribution in [2.45, 2.75) is 13.3 Å². The fourth-order valence-corrected chi connectivity index (χ4v) is 3.04. The van der Waals surface area contributed by atoms with E-state index in [4.69, 9.17) is 10.5 Å². The first-order valence-electron chi connectivity index (χ1n) is 6.72. The van der Waals surface area contributed by atoms with E-state index in [1.807, 2.05) is 31.2 Å². The highest BCUT2D eigenvalue weighted by Gasteiger charge is 2.19. The number of fused-ring (bicyclic) bond motifs is 1. The standard InChI is InChI=1S/C16H17BrN2O/c1-11-9-15(12(17)10-13(11)18)19-7-4-8-20-16-6-3-2-5-14(16)19/h2-3,5-6,9-10H,4,7-8,18H2,1H3. The van der Waals surface area contributed by atoms with Gasteiger partial charge in [0, 0.05) is 16.7 Å². The largest absolute Gasteiger partial charge is 0.491 e. The van der Waals surface area contributed by atoms with Crippen molar-refractivity contribution in [3.8, 4) is 5.75 Å². The van der Waals surface area contributed by atoms with Gasteiger partial charge in [-0.2, -0.15) is 0 Å². The normalized spacial score (nSPS) is 14.4. The Balaban J connectivity index is 2.12. The summed E-state index contributed by atoms with van der Waals surface area (Å²) in [6.07, 6.45) is 0.991. The van der Waals surface area contributed by atoms with Crippen molar-refractivity contribution < 1.29 is 4.74 Å². The van der Waals surface area contributed by atoms with Gasteiger partial charge in [-0.1, -0.05) is 12.1 Å². The number of para-hydroxylation sites is 2. The molecule has 0 amide bonds. The van der Waals surface area contributed by atoms with E-state index < -0.39 is 0 Å². The first-order valence-corrected chi connectivity index (χ1v) is 7.51. The Morgan fingerprint density at radius 3 is 2.85 bits per heavy atom. The van der Waals surface area contributed by atoms with E-state index in [9.17, 15) is 0 Å². The van der Waals surface area contributed by atoms with Crippen LogP contribution in [0.25, 0.3) is 0 Å². The third kappa shape index (κ3) is 2.36. The SMILES string of the molecule is Cc1cc(N2CCCOc3ccccc32)c(Br)cc1N. The maximum Gasteiger partial charge on any atom is 0.142 e. The van der Waals surface area contributed by atoms with Gasteiger partial charge in [0.25, 0.3) is 0 Å². The molecule has 0 radical (unpaired) electrons. The van der Waals surface area contributed by atoms with Gasteiger partial charge in [-0.3, -0.25) is 0 Å². The monoisotopic (exact) mass is 332 g/mol. The van der Waals surface area contributed by atoms with Crippen molar-refractivity contribution in [1.29, 1.82) is 0 Å². The van der Waals surface area contributed by atoms with Gasteiger partial charge in [-0.25, -0.2) is 0 Å². The van der Waals surface area contributed by atoms with Gasteiger partial charge in [0.1, 0.15) is 5.75 Å². The Morgan fingerprint density at radius 2 is 2.00 bits per heavy atom. The lowest BCUT2D eigenvalue weighted by molar-refractivity contribution is 0.322. The third-order valence-electron chi connectivity index (χ3n) is 3.57. The molecule has 3 rings (SSSR count). The minimum Gasteiger partial charge on any atom is -0.491 e. The van der Waals surface area contributed by atoms with Gasteiger partial charge in [-0.05, 0) is 59.1 Å². The number of hydrogen-bond donors (Lipinski definition) is 1. The van der Waals surface area contributed by atoms with E-state index in [-0.39, 0.29) is 0 Å². The van der Waals surface area contributed by atoms with Crippen LogP contribution in [0.15, 0.2) is 40.9 Å². The van der Waals surface area contributed by atoms with Crippen molar-refractivity contribution in [1.82, 2.24) is 0 Å². The molecule has 0 bridgehead atoms. The summed E-state index contributed by atoms with van der Waals surface area (Å²) < 4.78 is 6.82. The second kappa shape index (κ2) is 5.37. The van der Waals surface area contributed by atoms with Crippen molar-refractivity contribution in [2.75, 3.05) is 23.8 Å². The number of anilines is 3. The molecule has 0 aliphatic carbocycles. The molecular weight excluding hydrogens is 316 g/mol. The van der Waals surface area contributed by atoms with Crippen LogP contribution >= 0.6 is 15.9 Å². The van der Waals surface area contributed by atoms with Crippen LogP contribution in [-0.2, 0) is 0 Å². The Hall–Kier alpha value is -1.68. The number of aryl methyl sites for hydroxylation is 1. The zero-order chi connectivity index (χ0) is 14.1. The molecule has 1 heterocycles. The van der Waals surface area contributed by atoms with Crippen LogP contribution in [0.5, 0.6) is 5.75 Å². The minimum absolute atomic E-state index is 0.749. The molecule has 2 N–H and O–H groups in total. The average molecular weight is 333 g/mol. The molecule has 3 nitrogen and oxygen atoms in total. The predicted molar refractivity (Wildman–Crippen MR) is 86.9 cm³/mol. The summed E-state index contributed by atoms with van der Waals surface area (Å²) in [5, 5.41) is 0. The zero-order valence-electron chi connectivity index (χ0n) is 11.4. The second-order valence-corrected chi connectivity index (χ2v) is 5.84. The molecule has 0 fully saturated rings. The number of halogens is 1. The Bertz CT molecular complexity index is 642. The number of rotatable bonds is 1. The quantitative estimate of drug-likeness (QED) is 0.793. The number of benzene rings is 2. The van der Waals surface area contributed by atoms with Crippen molar-refractivity contribution >= 4 is 33.0 Å². The smallest absolute Gasteiger partial charge is 0.142 e. The summed E-state index contributed by atoms with van der Waals surface area (Å²) in [6, 6.07) is 12.3. The van der Waals surface area contributed by atoms with Crippen LogP contribution in [-0.4, -0.2) is 13.2 Å². The molecule has 0 unspecified atom stereocenters. The average Bonchev–Trinajstić information content (AvgIpc) is 2.65. The lowest BCUT2D eigenvalue weighted by atomic mass is 10.1. The molecule has 104 valence electrons. The molecule has 2 aromatic rings. The van der Waals surface area contributed by atoms with E-state index in [0.29, 0.717) is 0 Å². The Morgan fingerprint density at radius 1 is 1.20 bits per heavy atom. The van der Waals surface area contributed by atoms with Gasteiger partial charge < -0.3 is 15.4 Å². The van der Waals surface area contributed by atoms with Gasteiger partial charge in [0.15, 0.2) is 0 Å². The highest BCUT2D eigenvalue weighted by molar-refractivity contribution is 9.10. The molecule has 0 aromatic heterocycles. The van der Waals surface area contributed by atoms with Crippen molar-refractivity contribution in [3.05, 3.63) is 46.4 Å². The number of nitrogens with two attached hydrogens (primary N) is 1. The lowest BCUT2D eigenvalue weighted by Crippen LogP contribution is -2.18. The van der Waals surface area contributed by atoms with E-state index in [2.05, 4.69) is 33.0 Å². The van der Waals surface area contributed by atoms with Gasteiger partial charge in [-0.15, -0.1) is 0 Å². The summed E-state index contributed by atoms with van der Waals surface area (Å²) in [5.74, 6) is 0.936. The fraction of sp³-hybridized carbons (Fsp3) is 0.250. The molecule has 20 heavy (non-hydrogen) atoms. The predicted octanol–water partition coefficient (Wildman–Crippen LogP) is 4.26. The van der Waals surface area contributed by atoms with Crippen LogP contribution in [0.4, 0.5) is 17.1 Å². The summed E-state index contributed by atoms with van der Waals surface area (Å²) in [5.41, 5.74) is 10.1. The number of ether oxygens (including phenoxy) is 1. The molecule has 0 atom stereocenters. The first kappa shape index (κ1) is 13.3. The summed E-state index contributed by atoms with van der Waals surface area (Å²) in [7, 11) is 0. The van der Waals surface area contributed by atoms with Crippen LogP contribution in [0.1, 0.15) is 12.0 Å². The van der Waals surface area contributed by atoms with Crippen LogP contribution < -0.4 is 15.4 Å². The highest BCUT2D eigenvalue weighted by atomic mass is 79.9. The summed E-state index contributed by atoms with van der Waals surface area (Å²) in [4.78, 5) is 2.29. The molecule has 0 saturated carbocycles. The minimum atomic E-state index is 0.749. The van der Waals surface area contributed by atoms with Gasteiger partial charge in [0.05, 0.1) is 18.0 Å². The van der Waals surface area contributed by atoms with Crippen molar-refractivity contribution in [3.63, 3.8) is 0 Å². The third-order valence-corrected chi connectivity index (χ3v) is 4.20. The molecular formula is C16H17BrN2O. The number of nitrogens with zero attached hydrogens (tertiary/aromatic N) is 1. The lowest BCUT2D eigenvalue weighted by Gasteiger charge is -2.25. The Labute approximate surface area is 127 Å². The molecule has 1 aliphatic heterocycles. The van der Waals surface area contributed by atoms with Crippen molar-refractivity contribution in [2.24, 2.45) is 0 Å². The molecule has 2 aromatic carbocycles. The van der Waals surface area contributed by atoms with Gasteiger partial charge >= 0.3 is 0 Å². The van der Waals surface area contributed by atoms with E-state index in [1.165, 1.54) is 0 Å². The molecule has 1 aliphatic rings.